The fraction of sp³-hybridized carbons (Fsp3) is 0.429. The lowest BCUT2D eigenvalue weighted by Crippen LogP contribution is -2.33. The molecule has 0 aliphatic carbocycles. The zero-order chi connectivity index (χ0) is 12.6. The molecule has 1 heterocycles. The number of para-hydroxylation sites is 1. The van der Waals surface area contributed by atoms with Crippen LogP contribution in [-0.4, -0.2) is 16.1 Å². The van der Waals surface area contributed by atoms with Crippen LogP contribution in [0.15, 0.2) is 24.3 Å². The number of nitrogens with one attached hydrogen (secondary N) is 1. The van der Waals surface area contributed by atoms with Crippen LogP contribution in [0.3, 0.4) is 0 Å². The van der Waals surface area contributed by atoms with Gasteiger partial charge in [-0.15, -0.1) is 0 Å². The van der Waals surface area contributed by atoms with E-state index in [0.717, 1.165) is 22.2 Å². The fourth-order valence-corrected chi connectivity index (χ4v) is 2.24. The Labute approximate surface area is 102 Å². The third-order valence-electron chi connectivity index (χ3n) is 3.37. The van der Waals surface area contributed by atoms with Gasteiger partial charge in [0.25, 0.3) is 0 Å². The molecule has 1 aromatic carbocycles. The second-order valence-corrected chi connectivity index (χ2v) is 4.98. The van der Waals surface area contributed by atoms with Gasteiger partial charge in [0.05, 0.1) is 6.10 Å². The van der Waals surface area contributed by atoms with Gasteiger partial charge >= 0.3 is 0 Å². The largest absolute Gasteiger partial charge is 0.387 e. The molecule has 2 rings (SSSR count). The van der Waals surface area contributed by atoms with Crippen molar-refractivity contribution in [3.8, 4) is 0 Å². The summed E-state index contributed by atoms with van der Waals surface area (Å²) in [4.78, 5) is 3.29. The summed E-state index contributed by atoms with van der Waals surface area (Å²) in [5.74, 6) is 0.248. The van der Waals surface area contributed by atoms with E-state index in [2.05, 4.69) is 4.98 Å². The number of fused-ring (bicyclic) bond motifs is 1. The van der Waals surface area contributed by atoms with Crippen molar-refractivity contribution in [1.29, 1.82) is 0 Å². The average Bonchev–Trinajstić information content (AvgIpc) is 2.62. The van der Waals surface area contributed by atoms with Crippen LogP contribution >= 0.6 is 0 Å². The van der Waals surface area contributed by atoms with Crippen molar-refractivity contribution in [3.05, 3.63) is 35.5 Å². The minimum absolute atomic E-state index is 0.243. The van der Waals surface area contributed by atoms with Gasteiger partial charge in [-0.05, 0) is 18.9 Å². The zero-order valence-corrected chi connectivity index (χ0v) is 10.6. The minimum Gasteiger partial charge on any atom is -0.387 e. The van der Waals surface area contributed by atoms with E-state index < -0.39 is 6.10 Å². The number of benzene rings is 1. The van der Waals surface area contributed by atoms with Crippen LogP contribution in [0.2, 0.25) is 0 Å². The number of rotatable bonds is 3. The van der Waals surface area contributed by atoms with Gasteiger partial charge in [0.15, 0.2) is 0 Å². The summed E-state index contributed by atoms with van der Waals surface area (Å²) >= 11 is 0. The van der Waals surface area contributed by atoms with Gasteiger partial charge in [-0.25, -0.2) is 0 Å². The van der Waals surface area contributed by atoms with Crippen molar-refractivity contribution < 1.29 is 5.11 Å². The first-order valence-corrected chi connectivity index (χ1v) is 6.03. The van der Waals surface area contributed by atoms with E-state index in [1.807, 2.05) is 45.0 Å². The lowest BCUT2D eigenvalue weighted by Gasteiger charge is -2.22. The molecule has 2 atom stereocenters. The monoisotopic (exact) mass is 232 g/mol. The predicted molar refractivity (Wildman–Crippen MR) is 70.8 cm³/mol. The third kappa shape index (κ3) is 2.08. The van der Waals surface area contributed by atoms with Crippen LogP contribution in [0.5, 0.6) is 0 Å². The molecular weight excluding hydrogens is 212 g/mol. The topological polar surface area (TPSA) is 62.0 Å². The Morgan fingerprint density at radius 2 is 1.88 bits per heavy atom. The molecule has 0 fully saturated rings. The standard InChI is InChI=1S/C14H20N2O/c1-8(2)13(15)14(17)12-9(3)16-11-7-5-4-6-10(11)12/h4-8,13-14,16-17H,15H2,1-3H3. The Hall–Kier alpha value is -1.32. The Morgan fingerprint density at radius 1 is 1.24 bits per heavy atom. The number of aliphatic hydroxyl groups excluding tert-OH is 1. The first-order chi connectivity index (χ1) is 8.02. The molecule has 92 valence electrons. The van der Waals surface area contributed by atoms with Gasteiger partial charge < -0.3 is 15.8 Å². The van der Waals surface area contributed by atoms with E-state index in [1.54, 1.807) is 0 Å². The maximum absolute atomic E-state index is 10.4. The zero-order valence-electron chi connectivity index (χ0n) is 10.6. The number of aryl methyl sites for hydroxylation is 1. The molecule has 1 aromatic heterocycles. The normalized spacial score (nSPS) is 15.4. The van der Waals surface area contributed by atoms with E-state index in [0.29, 0.717) is 0 Å². The molecule has 3 nitrogen and oxygen atoms in total. The van der Waals surface area contributed by atoms with E-state index >= 15 is 0 Å². The Morgan fingerprint density at radius 3 is 2.53 bits per heavy atom. The number of hydrogen-bond donors (Lipinski definition) is 3. The minimum atomic E-state index is -0.619. The second-order valence-electron chi connectivity index (χ2n) is 4.98. The van der Waals surface area contributed by atoms with Gasteiger partial charge in [0.2, 0.25) is 0 Å². The maximum atomic E-state index is 10.4. The van der Waals surface area contributed by atoms with E-state index in [-0.39, 0.29) is 12.0 Å². The van der Waals surface area contributed by atoms with Crippen molar-refractivity contribution in [1.82, 2.24) is 4.98 Å². The molecule has 0 saturated heterocycles. The van der Waals surface area contributed by atoms with Crippen molar-refractivity contribution >= 4 is 10.9 Å². The van der Waals surface area contributed by atoms with Crippen molar-refractivity contribution in [2.75, 3.05) is 0 Å². The second kappa shape index (κ2) is 4.51. The number of aromatic nitrogens is 1. The maximum Gasteiger partial charge on any atom is 0.0966 e. The number of aromatic amines is 1. The Kier molecular flexibility index (Phi) is 3.22. The van der Waals surface area contributed by atoms with Gasteiger partial charge in [-0.1, -0.05) is 32.0 Å². The van der Waals surface area contributed by atoms with Crippen LogP contribution in [0.25, 0.3) is 10.9 Å². The number of nitrogens with two attached hydrogens (primary N) is 1. The molecule has 0 radical (unpaired) electrons. The SMILES string of the molecule is Cc1[nH]c2ccccc2c1C(O)C(N)C(C)C. The van der Waals surface area contributed by atoms with Gasteiger partial charge in [0.1, 0.15) is 0 Å². The summed E-state index contributed by atoms with van der Waals surface area (Å²) in [5, 5.41) is 11.4. The highest BCUT2D eigenvalue weighted by Gasteiger charge is 2.24. The summed E-state index contributed by atoms with van der Waals surface area (Å²) in [6, 6.07) is 7.75. The smallest absolute Gasteiger partial charge is 0.0966 e. The lowest BCUT2D eigenvalue weighted by molar-refractivity contribution is 0.126. The molecule has 0 aliphatic heterocycles. The highest BCUT2D eigenvalue weighted by molar-refractivity contribution is 5.85. The Bertz CT molecular complexity index is 516. The van der Waals surface area contributed by atoms with Crippen LogP contribution < -0.4 is 5.73 Å². The number of H-pyrrole nitrogens is 1. The summed E-state index contributed by atoms with van der Waals surface area (Å²) in [6.45, 7) is 6.03. The summed E-state index contributed by atoms with van der Waals surface area (Å²) in [7, 11) is 0. The molecule has 0 amide bonds. The Balaban J connectivity index is 2.51. The molecule has 0 bridgehead atoms. The summed E-state index contributed by atoms with van der Waals surface area (Å²) in [5.41, 5.74) is 9.03. The van der Waals surface area contributed by atoms with E-state index in [9.17, 15) is 5.11 Å². The van der Waals surface area contributed by atoms with Gasteiger partial charge in [0, 0.05) is 28.2 Å². The first kappa shape index (κ1) is 12.1. The number of aliphatic hydroxyl groups is 1. The highest BCUT2D eigenvalue weighted by Crippen LogP contribution is 2.30. The first-order valence-electron chi connectivity index (χ1n) is 6.03. The molecule has 2 aromatic rings. The molecule has 0 spiro atoms. The molecule has 3 heteroatoms. The van der Waals surface area contributed by atoms with Crippen molar-refractivity contribution in [2.45, 2.75) is 32.9 Å². The molecular formula is C14H20N2O. The lowest BCUT2D eigenvalue weighted by atomic mass is 9.92. The molecule has 4 N–H and O–H groups in total. The molecule has 0 saturated carbocycles. The van der Waals surface area contributed by atoms with Gasteiger partial charge in [-0.2, -0.15) is 0 Å². The van der Waals surface area contributed by atoms with Crippen molar-refractivity contribution in [2.24, 2.45) is 11.7 Å². The van der Waals surface area contributed by atoms with Gasteiger partial charge in [-0.3, -0.25) is 0 Å². The third-order valence-corrected chi connectivity index (χ3v) is 3.37. The molecule has 17 heavy (non-hydrogen) atoms. The average molecular weight is 232 g/mol. The van der Waals surface area contributed by atoms with Crippen LogP contribution in [0.1, 0.15) is 31.2 Å². The summed E-state index contributed by atoms with van der Waals surface area (Å²) in [6.07, 6.45) is -0.619. The summed E-state index contributed by atoms with van der Waals surface area (Å²) < 4.78 is 0. The van der Waals surface area contributed by atoms with Crippen LogP contribution in [0, 0.1) is 12.8 Å². The van der Waals surface area contributed by atoms with Crippen LogP contribution in [0.4, 0.5) is 0 Å². The van der Waals surface area contributed by atoms with Crippen molar-refractivity contribution in [3.63, 3.8) is 0 Å². The van der Waals surface area contributed by atoms with Crippen LogP contribution in [-0.2, 0) is 0 Å². The molecule has 0 aliphatic rings. The molecule has 2 unspecified atom stereocenters. The fourth-order valence-electron chi connectivity index (χ4n) is 2.24. The van der Waals surface area contributed by atoms with E-state index in [1.165, 1.54) is 0 Å². The quantitative estimate of drug-likeness (QED) is 0.761. The number of hydrogen-bond acceptors (Lipinski definition) is 2. The highest BCUT2D eigenvalue weighted by atomic mass is 16.3. The van der Waals surface area contributed by atoms with E-state index in [4.69, 9.17) is 5.73 Å². The predicted octanol–water partition coefficient (Wildman–Crippen LogP) is 2.49.